The molecular formula is C4H8NO2P. The van der Waals surface area contributed by atoms with Gasteiger partial charge in [-0.05, 0) is 16.3 Å². The summed E-state index contributed by atoms with van der Waals surface area (Å²) in [5.74, 6) is -0.400. The second-order valence-corrected chi connectivity index (χ2v) is 1.33. The molecule has 0 bridgehead atoms. The largest absolute Gasteiger partial charge is 0.462 e. The molecule has 0 aromatic carbocycles. The minimum Gasteiger partial charge on any atom is -0.462 e. The Morgan fingerprint density at radius 1 is 2.00 bits per heavy atom. The SMILES string of the molecule is CCOC(=O)/C=N/P. The van der Waals surface area contributed by atoms with E-state index < -0.39 is 5.97 Å². The molecule has 1 unspecified atom stereocenters. The number of hydrogen-bond acceptors (Lipinski definition) is 3. The van der Waals surface area contributed by atoms with Crippen molar-refractivity contribution in [2.75, 3.05) is 6.61 Å². The maximum absolute atomic E-state index is 10.3. The lowest BCUT2D eigenvalue weighted by Crippen LogP contribution is -2.03. The van der Waals surface area contributed by atoms with Crippen molar-refractivity contribution in [3.8, 4) is 0 Å². The summed E-state index contributed by atoms with van der Waals surface area (Å²) in [5.41, 5.74) is 0. The molecular weight excluding hydrogens is 125 g/mol. The van der Waals surface area contributed by atoms with Gasteiger partial charge in [-0.15, -0.1) is 0 Å². The zero-order valence-electron chi connectivity index (χ0n) is 4.63. The van der Waals surface area contributed by atoms with Crippen molar-refractivity contribution in [2.45, 2.75) is 6.92 Å². The number of hydrogen-bond donors (Lipinski definition) is 0. The smallest absolute Gasteiger partial charge is 0.349 e. The minimum absolute atomic E-state index is 0.398. The quantitative estimate of drug-likeness (QED) is 0.311. The average molecular weight is 133 g/mol. The van der Waals surface area contributed by atoms with Crippen LogP contribution in [0, 0.1) is 0 Å². The zero-order valence-corrected chi connectivity index (χ0v) is 5.78. The van der Waals surface area contributed by atoms with Gasteiger partial charge in [-0.25, -0.2) is 4.79 Å². The van der Waals surface area contributed by atoms with Gasteiger partial charge in [0, 0.05) is 0 Å². The van der Waals surface area contributed by atoms with E-state index in [2.05, 4.69) is 9.50 Å². The second kappa shape index (κ2) is 4.72. The van der Waals surface area contributed by atoms with E-state index in [0.29, 0.717) is 6.61 Å². The summed E-state index contributed by atoms with van der Waals surface area (Å²) in [4.78, 5) is 10.3. The first-order valence-electron chi connectivity index (χ1n) is 2.21. The van der Waals surface area contributed by atoms with Crippen LogP contribution in [0.5, 0.6) is 0 Å². The van der Waals surface area contributed by atoms with Gasteiger partial charge in [0.1, 0.15) is 6.21 Å². The van der Waals surface area contributed by atoms with E-state index in [1.807, 2.05) is 9.39 Å². The Kier molecular flexibility index (Phi) is 4.47. The first-order valence-corrected chi connectivity index (χ1v) is 2.73. The van der Waals surface area contributed by atoms with E-state index >= 15 is 0 Å². The highest BCUT2D eigenvalue weighted by Crippen LogP contribution is 1.79. The van der Waals surface area contributed by atoms with Crippen LogP contribution in [0.2, 0.25) is 0 Å². The molecule has 4 heteroatoms. The predicted molar refractivity (Wildman–Crippen MR) is 34.8 cm³/mol. The molecule has 3 nitrogen and oxygen atoms in total. The van der Waals surface area contributed by atoms with Gasteiger partial charge in [0.05, 0.1) is 6.61 Å². The molecule has 0 aliphatic rings. The molecule has 0 heterocycles. The average Bonchev–Trinajstić information content (AvgIpc) is 1.68. The highest BCUT2D eigenvalue weighted by Gasteiger charge is 1.90. The summed E-state index contributed by atoms with van der Waals surface area (Å²) in [6.07, 6.45) is 1.11. The van der Waals surface area contributed by atoms with Crippen LogP contribution in [0.3, 0.4) is 0 Å². The van der Waals surface area contributed by atoms with Gasteiger partial charge < -0.3 is 4.74 Å². The lowest BCUT2D eigenvalue weighted by molar-refractivity contribution is -0.134. The van der Waals surface area contributed by atoms with Crippen LogP contribution in [0.25, 0.3) is 0 Å². The molecule has 0 rings (SSSR count). The molecule has 0 aromatic rings. The van der Waals surface area contributed by atoms with Crippen LogP contribution >= 0.6 is 9.39 Å². The number of carbonyl (C=O) groups excluding carboxylic acids is 1. The lowest BCUT2D eigenvalue weighted by atomic mass is 10.7. The molecule has 0 radical (unpaired) electrons. The van der Waals surface area contributed by atoms with Crippen LogP contribution < -0.4 is 0 Å². The van der Waals surface area contributed by atoms with E-state index in [1.165, 1.54) is 0 Å². The van der Waals surface area contributed by atoms with E-state index in [4.69, 9.17) is 0 Å². The van der Waals surface area contributed by atoms with Crippen molar-refractivity contribution >= 4 is 21.6 Å². The Labute approximate surface area is 50.4 Å². The summed E-state index contributed by atoms with van der Waals surface area (Å²) >= 11 is 0. The third-order valence-electron chi connectivity index (χ3n) is 0.467. The summed E-state index contributed by atoms with van der Waals surface area (Å²) in [7, 11) is 2.04. The molecule has 0 saturated carbocycles. The van der Waals surface area contributed by atoms with E-state index in [0.717, 1.165) is 6.21 Å². The fourth-order valence-corrected chi connectivity index (χ4v) is 0.362. The summed E-state index contributed by atoms with van der Waals surface area (Å²) in [6.45, 7) is 2.14. The van der Waals surface area contributed by atoms with Crippen LogP contribution in [0.4, 0.5) is 0 Å². The third-order valence-corrected chi connectivity index (χ3v) is 0.616. The Morgan fingerprint density at radius 3 is 3.00 bits per heavy atom. The standard InChI is InChI=1S/C4H8NO2P/c1-2-7-4(6)3-5-8/h3H,2,8H2,1H3/b5-3+. The number of rotatable bonds is 2. The molecule has 0 fully saturated rings. The Morgan fingerprint density at radius 2 is 2.62 bits per heavy atom. The van der Waals surface area contributed by atoms with Crippen molar-refractivity contribution in [1.82, 2.24) is 0 Å². The van der Waals surface area contributed by atoms with E-state index in [-0.39, 0.29) is 0 Å². The molecule has 0 aromatic heterocycles. The summed E-state index contributed by atoms with van der Waals surface area (Å²) in [5, 5.41) is 0. The second-order valence-electron chi connectivity index (χ2n) is 1.03. The van der Waals surface area contributed by atoms with Crippen LogP contribution in [-0.4, -0.2) is 18.8 Å². The lowest BCUT2D eigenvalue weighted by Gasteiger charge is -1.91. The fraction of sp³-hybridized carbons (Fsp3) is 0.500. The van der Waals surface area contributed by atoms with Crippen molar-refractivity contribution in [2.24, 2.45) is 4.76 Å². The topological polar surface area (TPSA) is 38.7 Å². The summed E-state index contributed by atoms with van der Waals surface area (Å²) in [6, 6.07) is 0. The van der Waals surface area contributed by atoms with Crippen molar-refractivity contribution in [3.05, 3.63) is 0 Å². The van der Waals surface area contributed by atoms with E-state index in [9.17, 15) is 4.79 Å². The van der Waals surface area contributed by atoms with Gasteiger partial charge in [-0.2, -0.15) is 0 Å². The highest BCUT2D eigenvalue weighted by molar-refractivity contribution is 7.15. The first kappa shape index (κ1) is 7.57. The molecule has 0 amide bonds. The Balaban J connectivity index is 3.33. The van der Waals surface area contributed by atoms with Crippen LogP contribution in [0.15, 0.2) is 4.76 Å². The van der Waals surface area contributed by atoms with Gasteiger partial charge in [-0.3, -0.25) is 4.76 Å². The third kappa shape index (κ3) is 3.75. The van der Waals surface area contributed by atoms with Gasteiger partial charge in [-0.1, -0.05) is 0 Å². The maximum Gasteiger partial charge on any atom is 0.349 e. The Hall–Kier alpha value is -0.430. The van der Waals surface area contributed by atoms with Gasteiger partial charge >= 0.3 is 5.97 Å². The highest BCUT2D eigenvalue weighted by atomic mass is 31.0. The molecule has 1 atom stereocenters. The molecule has 46 valence electrons. The summed E-state index contributed by atoms with van der Waals surface area (Å²) < 4.78 is 7.85. The molecule has 0 spiro atoms. The first-order chi connectivity index (χ1) is 3.81. The van der Waals surface area contributed by atoms with Gasteiger partial charge in [0.2, 0.25) is 0 Å². The number of ether oxygens (including phenoxy) is 1. The normalized spacial score (nSPS) is 9.75. The van der Waals surface area contributed by atoms with Crippen LogP contribution in [0.1, 0.15) is 6.92 Å². The van der Waals surface area contributed by atoms with Gasteiger partial charge in [0.15, 0.2) is 0 Å². The van der Waals surface area contributed by atoms with E-state index in [1.54, 1.807) is 6.92 Å². The number of carbonyl (C=O) groups is 1. The monoisotopic (exact) mass is 133 g/mol. The predicted octanol–water partition coefficient (Wildman–Crippen LogP) is 0.410. The zero-order chi connectivity index (χ0) is 6.41. The molecule has 0 aliphatic carbocycles. The molecule has 0 aliphatic heterocycles. The van der Waals surface area contributed by atoms with Gasteiger partial charge in [0.25, 0.3) is 0 Å². The maximum atomic E-state index is 10.3. The molecule has 0 saturated heterocycles. The minimum atomic E-state index is -0.400. The van der Waals surface area contributed by atoms with Crippen molar-refractivity contribution in [1.29, 1.82) is 0 Å². The van der Waals surface area contributed by atoms with Crippen molar-refractivity contribution < 1.29 is 9.53 Å². The number of nitrogens with zero attached hydrogens (tertiary/aromatic N) is 1. The Bertz CT molecular complexity index is 102. The fourth-order valence-electron chi connectivity index (χ4n) is 0.240. The number of esters is 1. The van der Waals surface area contributed by atoms with Crippen molar-refractivity contribution in [3.63, 3.8) is 0 Å². The molecule has 8 heavy (non-hydrogen) atoms. The van der Waals surface area contributed by atoms with Crippen LogP contribution in [-0.2, 0) is 9.53 Å². The molecule has 0 N–H and O–H groups in total.